The minimum Gasteiger partial charge on any atom is -0.378 e. The van der Waals surface area contributed by atoms with Crippen LogP contribution in [-0.2, 0) is 10.2 Å². The first-order valence-corrected chi connectivity index (χ1v) is 11.1. The topological polar surface area (TPSA) is 82.1 Å². The van der Waals surface area contributed by atoms with Gasteiger partial charge in [0.1, 0.15) is 0 Å². The molecule has 0 radical (unpaired) electrons. The van der Waals surface area contributed by atoms with E-state index in [0.29, 0.717) is 24.9 Å². The summed E-state index contributed by atoms with van der Waals surface area (Å²) in [5, 5.41) is 14.0. The van der Waals surface area contributed by atoms with E-state index in [4.69, 9.17) is 9.26 Å². The third-order valence-electron chi connectivity index (χ3n) is 4.91. The number of morpholine rings is 1. The summed E-state index contributed by atoms with van der Waals surface area (Å²) in [5.74, 6) is 2.13. The first kappa shape index (κ1) is 20.9. The van der Waals surface area contributed by atoms with Crippen LogP contribution in [0.15, 0.2) is 33.9 Å². The Morgan fingerprint density at radius 2 is 1.90 bits per heavy atom. The zero-order valence-electron chi connectivity index (χ0n) is 18.1. The lowest BCUT2D eigenvalue weighted by Crippen LogP contribution is -2.37. The number of aromatic nitrogens is 5. The molecule has 1 fully saturated rings. The van der Waals surface area contributed by atoms with Crippen LogP contribution in [0.25, 0.3) is 5.69 Å². The van der Waals surface area contributed by atoms with Crippen molar-refractivity contribution >= 4 is 17.7 Å². The average Bonchev–Trinajstić information content (AvgIpc) is 3.36. The molecule has 2 aromatic heterocycles. The summed E-state index contributed by atoms with van der Waals surface area (Å²) in [6, 6.07) is 8.37. The molecular formula is C21H28N6O2S. The van der Waals surface area contributed by atoms with Crippen LogP contribution in [-0.4, -0.2) is 51.2 Å². The van der Waals surface area contributed by atoms with Crippen molar-refractivity contribution in [1.29, 1.82) is 0 Å². The zero-order valence-corrected chi connectivity index (χ0v) is 18.9. The highest BCUT2D eigenvalue weighted by molar-refractivity contribution is 7.99. The quantitative estimate of drug-likeness (QED) is 0.565. The standard InChI is InChI=1S/C21H28N6O2S/c1-14-7-6-8-16(13-14)27-19(26-9-11-28-12-10-26)23-24-20(27)30-15(2)17-22-18(25-29-17)21(3,4)5/h6-8,13,15H,9-12H2,1-5H3. The summed E-state index contributed by atoms with van der Waals surface area (Å²) in [7, 11) is 0. The second-order valence-corrected chi connectivity index (χ2v) is 9.83. The maximum absolute atomic E-state index is 5.55. The molecule has 1 aliphatic heterocycles. The Balaban J connectivity index is 1.67. The van der Waals surface area contributed by atoms with Gasteiger partial charge in [-0.1, -0.05) is 49.8 Å². The molecule has 0 spiro atoms. The van der Waals surface area contributed by atoms with Crippen molar-refractivity contribution in [3.8, 4) is 5.69 Å². The van der Waals surface area contributed by atoms with Crippen molar-refractivity contribution in [2.24, 2.45) is 0 Å². The summed E-state index contributed by atoms with van der Waals surface area (Å²) in [4.78, 5) is 6.83. The van der Waals surface area contributed by atoms with Crippen molar-refractivity contribution in [2.45, 2.75) is 50.4 Å². The van der Waals surface area contributed by atoms with Crippen molar-refractivity contribution in [2.75, 3.05) is 31.2 Å². The Morgan fingerprint density at radius 1 is 1.13 bits per heavy atom. The number of hydrogen-bond donors (Lipinski definition) is 0. The SMILES string of the molecule is Cc1cccc(-n2c(SC(C)c3nc(C(C)(C)C)no3)nnc2N2CCOCC2)c1. The van der Waals surface area contributed by atoms with Gasteiger partial charge in [0.05, 0.1) is 24.2 Å². The van der Waals surface area contributed by atoms with Gasteiger partial charge in [0.2, 0.25) is 11.8 Å². The van der Waals surface area contributed by atoms with E-state index in [1.54, 1.807) is 11.8 Å². The fraction of sp³-hybridized carbons (Fsp3) is 0.524. The number of thioether (sulfide) groups is 1. The predicted molar refractivity (Wildman–Crippen MR) is 116 cm³/mol. The van der Waals surface area contributed by atoms with Crippen molar-refractivity contribution in [3.63, 3.8) is 0 Å². The van der Waals surface area contributed by atoms with Crippen LogP contribution in [0, 0.1) is 6.92 Å². The van der Waals surface area contributed by atoms with Crippen LogP contribution < -0.4 is 4.90 Å². The molecule has 0 N–H and O–H groups in total. The lowest BCUT2D eigenvalue weighted by molar-refractivity contribution is 0.122. The molecule has 3 heterocycles. The lowest BCUT2D eigenvalue weighted by atomic mass is 9.96. The normalized spacial score (nSPS) is 16.1. The molecule has 1 aromatic carbocycles. The van der Waals surface area contributed by atoms with E-state index in [2.05, 4.69) is 81.8 Å². The van der Waals surface area contributed by atoms with Gasteiger partial charge >= 0.3 is 0 Å². The van der Waals surface area contributed by atoms with E-state index in [-0.39, 0.29) is 10.7 Å². The molecule has 1 atom stereocenters. The van der Waals surface area contributed by atoms with Crippen LogP contribution in [0.5, 0.6) is 0 Å². The van der Waals surface area contributed by atoms with E-state index >= 15 is 0 Å². The number of anilines is 1. The van der Waals surface area contributed by atoms with Gasteiger partial charge in [0, 0.05) is 18.5 Å². The van der Waals surface area contributed by atoms with Gasteiger partial charge in [-0.2, -0.15) is 4.98 Å². The first-order chi connectivity index (χ1) is 14.3. The fourth-order valence-electron chi connectivity index (χ4n) is 3.21. The minimum atomic E-state index is -0.156. The number of aryl methyl sites for hydroxylation is 1. The molecule has 0 aliphatic carbocycles. The van der Waals surface area contributed by atoms with Crippen LogP contribution >= 0.6 is 11.8 Å². The number of benzene rings is 1. The third kappa shape index (κ3) is 4.37. The Bertz CT molecular complexity index is 1000. The first-order valence-electron chi connectivity index (χ1n) is 10.2. The average molecular weight is 429 g/mol. The molecule has 0 bridgehead atoms. The second kappa shape index (κ2) is 8.39. The van der Waals surface area contributed by atoms with E-state index in [1.807, 2.05) is 6.92 Å². The van der Waals surface area contributed by atoms with Crippen LogP contribution in [0.3, 0.4) is 0 Å². The molecule has 8 nitrogen and oxygen atoms in total. The molecule has 3 aromatic rings. The summed E-state index contributed by atoms with van der Waals surface area (Å²) >= 11 is 1.57. The number of rotatable bonds is 5. The number of ether oxygens (including phenoxy) is 1. The largest absolute Gasteiger partial charge is 0.378 e. The minimum absolute atomic E-state index is 0.0566. The molecule has 4 rings (SSSR count). The van der Waals surface area contributed by atoms with Gasteiger partial charge in [0.15, 0.2) is 11.0 Å². The molecule has 1 saturated heterocycles. The van der Waals surface area contributed by atoms with E-state index < -0.39 is 0 Å². The van der Waals surface area contributed by atoms with Gasteiger partial charge in [-0.15, -0.1) is 10.2 Å². The molecule has 0 saturated carbocycles. The summed E-state index contributed by atoms with van der Waals surface area (Å²) in [5.41, 5.74) is 2.07. The van der Waals surface area contributed by atoms with Gasteiger partial charge < -0.3 is 14.2 Å². The highest BCUT2D eigenvalue weighted by Crippen LogP contribution is 2.37. The fourth-order valence-corrected chi connectivity index (χ4v) is 4.11. The highest BCUT2D eigenvalue weighted by atomic mass is 32.2. The Morgan fingerprint density at radius 3 is 2.57 bits per heavy atom. The Kier molecular flexibility index (Phi) is 5.84. The van der Waals surface area contributed by atoms with Crippen LogP contribution in [0.2, 0.25) is 0 Å². The molecule has 1 unspecified atom stereocenters. The molecule has 0 amide bonds. The van der Waals surface area contributed by atoms with Gasteiger partial charge in [-0.25, -0.2) is 0 Å². The lowest BCUT2D eigenvalue weighted by Gasteiger charge is -2.28. The van der Waals surface area contributed by atoms with Crippen molar-refractivity contribution in [3.05, 3.63) is 41.5 Å². The molecule has 9 heteroatoms. The smallest absolute Gasteiger partial charge is 0.239 e. The number of hydrogen-bond acceptors (Lipinski definition) is 8. The van der Waals surface area contributed by atoms with Gasteiger partial charge in [-0.3, -0.25) is 4.57 Å². The predicted octanol–water partition coefficient (Wildman–Crippen LogP) is 3.95. The maximum Gasteiger partial charge on any atom is 0.239 e. The Labute approximate surface area is 181 Å². The zero-order chi connectivity index (χ0) is 21.3. The summed E-state index contributed by atoms with van der Waals surface area (Å²) in [6.07, 6.45) is 0. The van der Waals surface area contributed by atoms with E-state index in [1.165, 1.54) is 5.56 Å². The van der Waals surface area contributed by atoms with Gasteiger partial charge in [0.25, 0.3) is 0 Å². The molecule has 30 heavy (non-hydrogen) atoms. The van der Waals surface area contributed by atoms with Crippen molar-refractivity contribution < 1.29 is 9.26 Å². The molecule has 1 aliphatic rings. The summed E-state index contributed by atoms with van der Waals surface area (Å²) in [6.45, 7) is 13.3. The summed E-state index contributed by atoms with van der Waals surface area (Å²) < 4.78 is 13.2. The maximum atomic E-state index is 5.55. The molecular weight excluding hydrogens is 400 g/mol. The second-order valence-electron chi connectivity index (χ2n) is 8.52. The molecule has 160 valence electrons. The van der Waals surface area contributed by atoms with Crippen LogP contribution in [0.1, 0.15) is 50.2 Å². The highest BCUT2D eigenvalue weighted by Gasteiger charge is 2.27. The van der Waals surface area contributed by atoms with Gasteiger partial charge in [-0.05, 0) is 31.5 Å². The van der Waals surface area contributed by atoms with Crippen molar-refractivity contribution in [1.82, 2.24) is 24.9 Å². The number of nitrogens with zero attached hydrogens (tertiary/aromatic N) is 6. The monoisotopic (exact) mass is 428 g/mol. The van der Waals surface area contributed by atoms with Crippen LogP contribution in [0.4, 0.5) is 5.95 Å². The van der Waals surface area contributed by atoms with E-state index in [9.17, 15) is 0 Å². The third-order valence-corrected chi connectivity index (χ3v) is 5.94. The Hall–Kier alpha value is -2.39. The van der Waals surface area contributed by atoms with E-state index in [0.717, 1.165) is 29.9 Å².